The number of hydrogen-bond donors (Lipinski definition) is 2. The molecule has 2 rings (SSSR count). The maximum atomic E-state index is 10.7. The fourth-order valence-electron chi connectivity index (χ4n) is 1.51. The second-order valence-electron chi connectivity index (χ2n) is 3.86. The van der Waals surface area contributed by atoms with Gasteiger partial charge < -0.3 is 14.8 Å². The molecule has 0 saturated heterocycles. The highest BCUT2D eigenvalue weighted by atomic mass is 32.2. The molecule has 2 aromatic rings. The topological polar surface area (TPSA) is 75.2 Å². The summed E-state index contributed by atoms with van der Waals surface area (Å²) in [7, 11) is 1.61. The van der Waals surface area contributed by atoms with Crippen LogP contribution in [0.4, 0.5) is 0 Å². The molecule has 5 nitrogen and oxygen atoms in total. The summed E-state index contributed by atoms with van der Waals surface area (Å²) in [5.41, 5.74) is 1.75. The molecule has 0 saturated carbocycles. The van der Waals surface area contributed by atoms with Crippen LogP contribution in [0.5, 0.6) is 5.75 Å². The molecular formula is C12H14N2O3S. The van der Waals surface area contributed by atoms with E-state index >= 15 is 0 Å². The standard InChI is InChI=1S/C12H14N2O3S/c1-7(12(15)16)18-6-11-13-9-4-3-8(17-2)5-10(9)14-11/h3-5,7H,6H2,1-2H3,(H,13,14)(H,15,16). The smallest absolute Gasteiger partial charge is 0.316 e. The summed E-state index contributed by atoms with van der Waals surface area (Å²) in [6, 6.07) is 5.59. The Bertz CT molecular complexity index is 567. The van der Waals surface area contributed by atoms with Crippen LogP contribution >= 0.6 is 11.8 Å². The van der Waals surface area contributed by atoms with E-state index < -0.39 is 11.2 Å². The van der Waals surface area contributed by atoms with Crippen molar-refractivity contribution < 1.29 is 14.6 Å². The average Bonchev–Trinajstić information content (AvgIpc) is 2.77. The monoisotopic (exact) mass is 266 g/mol. The summed E-state index contributed by atoms with van der Waals surface area (Å²) in [4.78, 5) is 18.3. The molecule has 0 radical (unpaired) electrons. The number of nitrogens with zero attached hydrogens (tertiary/aromatic N) is 1. The minimum absolute atomic E-state index is 0.437. The van der Waals surface area contributed by atoms with Crippen molar-refractivity contribution in [2.24, 2.45) is 0 Å². The van der Waals surface area contributed by atoms with E-state index in [4.69, 9.17) is 9.84 Å². The highest BCUT2D eigenvalue weighted by molar-refractivity contribution is 7.99. The first-order chi connectivity index (χ1) is 8.60. The first kappa shape index (κ1) is 12.8. The van der Waals surface area contributed by atoms with Gasteiger partial charge in [0.1, 0.15) is 11.6 Å². The molecule has 0 aliphatic carbocycles. The first-order valence-electron chi connectivity index (χ1n) is 5.47. The van der Waals surface area contributed by atoms with Gasteiger partial charge in [-0.25, -0.2) is 4.98 Å². The number of thioether (sulfide) groups is 1. The zero-order chi connectivity index (χ0) is 13.1. The van der Waals surface area contributed by atoms with Crippen molar-refractivity contribution in [2.75, 3.05) is 7.11 Å². The molecule has 1 heterocycles. The van der Waals surface area contributed by atoms with Crippen LogP contribution < -0.4 is 4.74 Å². The van der Waals surface area contributed by atoms with Crippen molar-refractivity contribution in [3.05, 3.63) is 24.0 Å². The van der Waals surface area contributed by atoms with Gasteiger partial charge in [-0.1, -0.05) is 0 Å². The lowest BCUT2D eigenvalue weighted by Crippen LogP contribution is -2.11. The summed E-state index contributed by atoms with van der Waals surface area (Å²) in [5, 5.41) is 8.36. The third-order valence-electron chi connectivity index (χ3n) is 2.56. The van der Waals surface area contributed by atoms with E-state index in [2.05, 4.69) is 9.97 Å². The second kappa shape index (κ2) is 5.30. The van der Waals surface area contributed by atoms with Crippen LogP contribution in [0.3, 0.4) is 0 Å². The van der Waals surface area contributed by atoms with Crippen molar-refractivity contribution in [1.29, 1.82) is 0 Å². The highest BCUT2D eigenvalue weighted by Gasteiger charge is 2.12. The van der Waals surface area contributed by atoms with Crippen LogP contribution in [0.1, 0.15) is 12.7 Å². The van der Waals surface area contributed by atoms with Gasteiger partial charge in [0.05, 0.1) is 29.1 Å². The van der Waals surface area contributed by atoms with Crippen molar-refractivity contribution in [1.82, 2.24) is 9.97 Å². The van der Waals surface area contributed by atoms with Crippen molar-refractivity contribution in [2.45, 2.75) is 17.9 Å². The predicted molar refractivity (Wildman–Crippen MR) is 71.0 cm³/mol. The number of hydrogen-bond acceptors (Lipinski definition) is 4. The number of aliphatic carboxylic acids is 1. The molecule has 1 atom stereocenters. The van der Waals surface area contributed by atoms with Crippen molar-refractivity contribution in [3.63, 3.8) is 0 Å². The molecule has 6 heteroatoms. The fraction of sp³-hybridized carbons (Fsp3) is 0.333. The average molecular weight is 266 g/mol. The molecule has 0 aliphatic heterocycles. The molecule has 1 unspecified atom stereocenters. The van der Waals surface area contributed by atoms with Gasteiger partial charge in [0.15, 0.2) is 0 Å². The van der Waals surface area contributed by atoms with Crippen LogP contribution in [0.25, 0.3) is 11.0 Å². The quantitative estimate of drug-likeness (QED) is 0.868. The predicted octanol–water partition coefficient (Wildman–Crippen LogP) is 2.28. The van der Waals surface area contributed by atoms with Crippen molar-refractivity contribution >= 4 is 28.8 Å². The van der Waals surface area contributed by atoms with E-state index in [9.17, 15) is 4.79 Å². The second-order valence-corrected chi connectivity index (χ2v) is 5.19. The Morgan fingerprint density at radius 1 is 1.61 bits per heavy atom. The van der Waals surface area contributed by atoms with E-state index in [1.165, 1.54) is 11.8 Å². The van der Waals surface area contributed by atoms with Gasteiger partial charge in [-0.15, -0.1) is 11.8 Å². The third kappa shape index (κ3) is 2.76. The Hall–Kier alpha value is -1.69. The summed E-state index contributed by atoms with van der Waals surface area (Å²) in [5.74, 6) is 1.28. The lowest BCUT2D eigenvalue weighted by Gasteiger charge is -2.02. The zero-order valence-electron chi connectivity index (χ0n) is 10.1. The number of benzene rings is 1. The van der Waals surface area contributed by atoms with Crippen LogP contribution in [0, 0.1) is 0 Å². The van der Waals surface area contributed by atoms with Gasteiger partial charge >= 0.3 is 5.97 Å². The molecule has 0 fully saturated rings. The van der Waals surface area contributed by atoms with Gasteiger partial charge in [0.25, 0.3) is 0 Å². The normalized spacial score (nSPS) is 12.6. The van der Waals surface area contributed by atoms with E-state index in [1.807, 2.05) is 18.2 Å². The van der Waals surface area contributed by atoms with Gasteiger partial charge in [0.2, 0.25) is 0 Å². The van der Waals surface area contributed by atoms with Crippen LogP contribution in [-0.2, 0) is 10.5 Å². The van der Waals surface area contributed by atoms with E-state index in [-0.39, 0.29) is 0 Å². The number of fused-ring (bicyclic) bond motifs is 1. The number of carbonyl (C=O) groups is 1. The minimum atomic E-state index is -0.808. The lowest BCUT2D eigenvalue weighted by atomic mass is 10.3. The molecule has 0 aliphatic rings. The molecule has 1 aromatic carbocycles. The van der Waals surface area contributed by atoms with E-state index in [1.54, 1.807) is 14.0 Å². The van der Waals surface area contributed by atoms with Crippen LogP contribution in [0.15, 0.2) is 18.2 Å². The lowest BCUT2D eigenvalue weighted by molar-refractivity contribution is -0.136. The number of aromatic nitrogens is 2. The summed E-state index contributed by atoms with van der Waals surface area (Å²) in [6.07, 6.45) is 0. The van der Waals surface area contributed by atoms with Crippen LogP contribution in [-0.4, -0.2) is 33.4 Å². The van der Waals surface area contributed by atoms with Gasteiger partial charge in [-0.05, 0) is 19.1 Å². The van der Waals surface area contributed by atoms with E-state index in [0.717, 1.165) is 22.6 Å². The first-order valence-corrected chi connectivity index (χ1v) is 6.52. The Morgan fingerprint density at radius 3 is 3.06 bits per heavy atom. The van der Waals surface area contributed by atoms with Gasteiger partial charge in [-0.2, -0.15) is 0 Å². The highest BCUT2D eigenvalue weighted by Crippen LogP contribution is 2.21. The van der Waals surface area contributed by atoms with Crippen LogP contribution in [0.2, 0.25) is 0 Å². The van der Waals surface area contributed by atoms with Gasteiger partial charge in [-0.3, -0.25) is 4.79 Å². The Kier molecular flexibility index (Phi) is 3.76. The number of carboxylic acids is 1. The molecule has 0 amide bonds. The largest absolute Gasteiger partial charge is 0.497 e. The number of ether oxygens (including phenoxy) is 1. The zero-order valence-corrected chi connectivity index (χ0v) is 11.0. The summed E-state index contributed by atoms with van der Waals surface area (Å²) >= 11 is 1.34. The maximum absolute atomic E-state index is 10.7. The van der Waals surface area contributed by atoms with Gasteiger partial charge in [0, 0.05) is 6.07 Å². The maximum Gasteiger partial charge on any atom is 0.316 e. The Balaban J connectivity index is 2.12. The fourth-order valence-corrected chi connectivity index (χ4v) is 2.20. The molecule has 1 aromatic heterocycles. The summed E-state index contributed by atoms with van der Waals surface area (Å²) < 4.78 is 5.13. The molecule has 2 N–H and O–H groups in total. The SMILES string of the molecule is COc1ccc2nc(CSC(C)C(=O)O)[nH]c2c1. The Morgan fingerprint density at radius 2 is 2.39 bits per heavy atom. The van der Waals surface area contributed by atoms with Crippen molar-refractivity contribution in [3.8, 4) is 5.75 Å². The minimum Gasteiger partial charge on any atom is -0.497 e. The molecule has 0 bridgehead atoms. The molecule has 0 spiro atoms. The number of nitrogens with one attached hydrogen (secondary N) is 1. The van der Waals surface area contributed by atoms with E-state index in [0.29, 0.717) is 5.75 Å². The number of H-pyrrole nitrogens is 1. The Labute approximate surface area is 109 Å². The third-order valence-corrected chi connectivity index (χ3v) is 3.70. The molecular weight excluding hydrogens is 252 g/mol. The number of imidazole rings is 1. The number of rotatable bonds is 5. The number of methoxy groups -OCH3 is 1. The molecule has 96 valence electrons. The molecule has 18 heavy (non-hydrogen) atoms. The summed E-state index contributed by atoms with van der Waals surface area (Å²) in [6.45, 7) is 1.67. The number of aromatic amines is 1. The number of carboxylic acid groups (broad SMARTS) is 1.